The Hall–Kier alpha value is -15.5. The SMILES string of the molecule is c1ccc(-c2ccc(-c3cc(-c4ccc5c(c4)oc4ccccc45)nc(-n4c5ccccc5c5c4ccc4c6ccccc6n(-c6ccccc6)c45)n3)cc2)cc1.c1ccc(-c2cccc(-c3cc(-c4cccc5c4oc4ccccc45)nc(-n4c5ccccc5c5c4ccc4c6ccccc6n(-c6ccccc6)c45)n3)c2)cc1. The molecule has 0 amide bonds. The van der Waals surface area contributed by atoms with E-state index in [-0.39, 0.29) is 0 Å². The Morgan fingerprint density at radius 1 is 0.193 bits per heavy atom. The van der Waals surface area contributed by atoms with E-state index in [0.717, 1.165) is 172 Å². The first-order valence-corrected chi connectivity index (χ1v) is 38.5. The van der Waals surface area contributed by atoms with Crippen molar-refractivity contribution in [3.05, 3.63) is 388 Å². The standard InChI is InChI=1S/2C52H32N4O/c1-3-15-33(16-4-1)34-17-13-18-35(31-34)43-32-44(41-25-14-24-40-38-22-9-12-28-48(38)57-51(40)41)54-52(53-43)56-46-27-11-8-23-42(46)49-47(56)30-29-39-37-21-7-10-26-45(37)55(50(39)49)36-19-5-2-6-20-36;1-3-13-33(14-4-1)34-23-25-35(26-24-34)43-32-44(36-27-28-40-39-18-9-12-22-48(39)57-49(40)31-36)54-52(53-43)56-46-21-11-8-19-42(46)50-47(56)30-29-41-38-17-7-10-20-45(38)55(51(41)50)37-15-5-2-6-16-37/h2*1-32H. The van der Waals surface area contributed by atoms with Crippen LogP contribution in [0, 0.1) is 0 Å². The number of nitrogens with zero attached hydrogens (tertiary/aromatic N) is 8. The Morgan fingerprint density at radius 2 is 0.553 bits per heavy atom. The third-order valence-electron chi connectivity index (χ3n) is 22.7. The van der Waals surface area contributed by atoms with E-state index in [1.165, 1.54) is 38.1 Å². The van der Waals surface area contributed by atoms with E-state index < -0.39 is 0 Å². The molecule has 0 N–H and O–H groups in total. The number of fused-ring (bicyclic) bond motifs is 20. The molecule has 0 aliphatic heterocycles. The van der Waals surface area contributed by atoms with Gasteiger partial charge in [-0.25, -0.2) is 19.9 Å². The van der Waals surface area contributed by atoms with Crippen LogP contribution in [0.1, 0.15) is 0 Å². The third kappa shape index (κ3) is 10.4. The Bertz CT molecular complexity index is 7970. The van der Waals surface area contributed by atoms with Crippen molar-refractivity contribution in [1.29, 1.82) is 0 Å². The van der Waals surface area contributed by atoms with Crippen LogP contribution in [0.15, 0.2) is 397 Å². The summed E-state index contributed by atoms with van der Waals surface area (Å²) in [5, 5.41) is 13.8. The van der Waals surface area contributed by atoms with Gasteiger partial charge in [-0.05, 0) is 131 Å². The number of benzene rings is 16. The highest BCUT2D eigenvalue weighted by atomic mass is 16.3. The number of hydrogen-bond acceptors (Lipinski definition) is 6. The lowest BCUT2D eigenvalue weighted by molar-refractivity contribution is 0.669. The van der Waals surface area contributed by atoms with Crippen LogP contribution in [-0.2, 0) is 0 Å². The fourth-order valence-corrected chi connectivity index (χ4v) is 17.6. The minimum atomic E-state index is 0.591. The maximum absolute atomic E-state index is 6.59. The molecular formula is C104H64N8O2. The minimum Gasteiger partial charge on any atom is -0.456 e. The molecule has 0 radical (unpaired) electrons. The Kier molecular flexibility index (Phi) is 14.8. The minimum absolute atomic E-state index is 0.591. The largest absolute Gasteiger partial charge is 0.456 e. The summed E-state index contributed by atoms with van der Waals surface area (Å²) in [5.41, 5.74) is 26.2. The molecule has 0 saturated carbocycles. The van der Waals surface area contributed by atoms with Crippen LogP contribution in [0.4, 0.5) is 0 Å². The summed E-state index contributed by atoms with van der Waals surface area (Å²) in [5.74, 6) is 1.20. The summed E-state index contributed by atoms with van der Waals surface area (Å²) in [6, 6.07) is 137. The van der Waals surface area contributed by atoms with Gasteiger partial charge in [-0.3, -0.25) is 9.13 Å². The maximum atomic E-state index is 6.59. The molecular weight excluding hydrogens is 1390 g/mol. The molecule has 532 valence electrons. The van der Waals surface area contributed by atoms with Crippen LogP contribution in [0.3, 0.4) is 0 Å². The van der Waals surface area contributed by atoms with Crippen LogP contribution in [0.5, 0.6) is 0 Å². The molecule has 8 heterocycles. The molecule has 0 fully saturated rings. The van der Waals surface area contributed by atoms with Gasteiger partial charge in [0, 0.05) is 98.3 Å². The normalized spacial score (nSPS) is 11.9. The highest BCUT2D eigenvalue weighted by molar-refractivity contribution is 6.28. The zero-order chi connectivity index (χ0) is 74.9. The topological polar surface area (TPSA) is 97.6 Å². The van der Waals surface area contributed by atoms with Crippen molar-refractivity contribution in [2.45, 2.75) is 0 Å². The van der Waals surface area contributed by atoms with Crippen molar-refractivity contribution in [3.8, 4) is 90.6 Å². The van der Waals surface area contributed by atoms with Crippen molar-refractivity contribution >= 4 is 131 Å². The fourth-order valence-electron chi connectivity index (χ4n) is 17.6. The first-order chi connectivity index (χ1) is 56.5. The van der Waals surface area contributed by atoms with Gasteiger partial charge in [-0.15, -0.1) is 0 Å². The Labute approximate surface area is 652 Å². The monoisotopic (exact) mass is 1460 g/mol. The van der Waals surface area contributed by atoms with Gasteiger partial charge in [0.15, 0.2) is 0 Å². The maximum Gasteiger partial charge on any atom is 0.235 e. The zero-order valence-corrected chi connectivity index (χ0v) is 61.3. The third-order valence-corrected chi connectivity index (χ3v) is 22.7. The second kappa shape index (κ2) is 26.1. The van der Waals surface area contributed by atoms with E-state index in [2.05, 4.69) is 370 Å². The average molecular weight is 1460 g/mol. The predicted molar refractivity (Wildman–Crippen MR) is 469 cm³/mol. The summed E-state index contributed by atoms with van der Waals surface area (Å²) in [6.45, 7) is 0. The van der Waals surface area contributed by atoms with Gasteiger partial charge >= 0.3 is 0 Å². The van der Waals surface area contributed by atoms with Gasteiger partial charge in [0.2, 0.25) is 11.9 Å². The summed E-state index contributed by atoms with van der Waals surface area (Å²) in [7, 11) is 0. The Balaban J connectivity index is 0.000000135. The van der Waals surface area contributed by atoms with Crippen LogP contribution in [-0.4, -0.2) is 38.2 Å². The predicted octanol–water partition coefficient (Wildman–Crippen LogP) is 27.1. The van der Waals surface area contributed by atoms with Gasteiger partial charge in [-0.1, -0.05) is 279 Å². The molecule has 114 heavy (non-hydrogen) atoms. The van der Waals surface area contributed by atoms with E-state index in [0.29, 0.717) is 11.9 Å². The van der Waals surface area contributed by atoms with Gasteiger partial charge in [0.05, 0.1) is 66.9 Å². The van der Waals surface area contributed by atoms with Gasteiger partial charge < -0.3 is 18.0 Å². The number of furan rings is 2. The lowest BCUT2D eigenvalue weighted by atomic mass is 10.0. The molecule has 0 aliphatic rings. The highest BCUT2D eigenvalue weighted by Crippen LogP contribution is 2.46. The Morgan fingerprint density at radius 3 is 1.11 bits per heavy atom. The average Bonchev–Trinajstić information content (AvgIpc) is 1.55. The molecule has 10 heteroatoms. The van der Waals surface area contributed by atoms with Crippen LogP contribution < -0.4 is 0 Å². The molecule has 10 nitrogen and oxygen atoms in total. The number of rotatable bonds is 10. The number of aromatic nitrogens is 8. The molecule has 0 saturated heterocycles. The molecule has 0 bridgehead atoms. The van der Waals surface area contributed by atoms with E-state index >= 15 is 0 Å². The summed E-state index contributed by atoms with van der Waals surface area (Å²) in [6.07, 6.45) is 0. The summed E-state index contributed by atoms with van der Waals surface area (Å²) < 4.78 is 22.2. The van der Waals surface area contributed by atoms with Gasteiger partial charge in [0.25, 0.3) is 0 Å². The lowest BCUT2D eigenvalue weighted by Crippen LogP contribution is -2.04. The van der Waals surface area contributed by atoms with E-state index in [9.17, 15) is 0 Å². The molecule has 24 rings (SSSR count). The van der Waals surface area contributed by atoms with Crippen LogP contribution >= 0.6 is 0 Å². The molecule has 0 unspecified atom stereocenters. The summed E-state index contributed by atoms with van der Waals surface area (Å²) in [4.78, 5) is 21.7. The molecule has 0 spiro atoms. The first kappa shape index (κ1) is 64.5. The molecule has 16 aromatic carbocycles. The molecule has 24 aromatic rings. The van der Waals surface area contributed by atoms with Crippen LogP contribution in [0.2, 0.25) is 0 Å². The number of hydrogen-bond donors (Lipinski definition) is 0. The van der Waals surface area contributed by atoms with Crippen molar-refractivity contribution < 1.29 is 8.83 Å². The van der Waals surface area contributed by atoms with E-state index in [4.69, 9.17) is 28.8 Å². The quantitative estimate of drug-likeness (QED) is 0.135. The van der Waals surface area contributed by atoms with Gasteiger partial charge in [0.1, 0.15) is 22.3 Å². The van der Waals surface area contributed by atoms with Crippen molar-refractivity contribution in [2.24, 2.45) is 0 Å². The summed E-state index contributed by atoms with van der Waals surface area (Å²) >= 11 is 0. The second-order valence-electron chi connectivity index (χ2n) is 29.1. The van der Waals surface area contributed by atoms with Crippen molar-refractivity contribution in [3.63, 3.8) is 0 Å². The zero-order valence-electron chi connectivity index (χ0n) is 61.3. The van der Waals surface area contributed by atoms with E-state index in [1.807, 2.05) is 36.4 Å². The molecule has 0 aliphatic carbocycles. The molecule has 0 atom stereocenters. The fraction of sp³-hybridized carbons (Fsp3) is 0. The smallest absolute Gasteiger partial charge is 0.235 e. The van der Waals surface area contributed by atoms with Crippen molar-refractivity contribution in [2.75, 3.05) is 0 Å². The van der Waals surface area contributed by atoms with Gasteiger partial charge in [-0.2, -0.15) is 0 Å². The van der Waals surface area contributed by atoms with Crippen molar-refractivity contribution in [1.82, 2.24) is 38.2 Å². The van der Waals surface area contributed by atoms with Crippen LogP contribution in [0.25, 0.3) is 222 Å². The highest BCUT2D eigenvalue weighted by Gasteiger charge is 2.27. The second-order valence-corrected chi connectivity index (χ2v) is 29.1. The molecule has 8 aromatic heterocycles. The first-order valence-electron chi connectivity index (χ1n) is 38.5. The van der Waals surface area contributed by atoms with E-state index in [1.54, 1.807) is 0 Å². The number of para-hydroxylation sites is 9. The lowest BCUT2D eigenvalue weighted by Gasteiger charge is -2.13.